The fourth-order valence-electron chi connectivity index (χ4n) is 2.47. The highest BCUT2D eigenvalue weighted by atomic mass is 35.5. The van der Waals surface area contributed by atoms with Crippen molar-refractivity contribution in [3.05, 3.63) is 45.6 Å². The second kappa shape index (κ2) is 5.43. The zero-order chi connectivity index (χ0) is 14.0. The number of nitrogens with two attached hydrogens (primary N) is 1. The monoisotopic (exact) mass is 297 g/mol. The van der Waals surface area contributed by atoms with E-state index < -0.39 is 0 Å². The molecular formula is C14H17Cl2N3. The second-order valence-electron chi connectivity index (χ2n) is 4.91. The van der Waals surface area contributed by atoms with Crippen LogP contribution in [0.3, 0.4) is 0 Å². The quantitative estimate of drug-likeness (QED) is 0.878. The summed E-state index contributed by atoms with van der Waals surface area (Å²) in [4.78, 5) is 0. The fourth-order valence-corrected chi connectivity index (χ4v) is 3.09. The molecule has 0 bridgehead atoms. The summed E-state index contributed by atoms with van der Waals surface area (Å²) in [7, 11) is 0. The Hall–Kier alpha value is -1.19. The van der Waals surface area contributed by atoms with Gasteiger partial charge in [-0.15, -0.1) is 0 Å². The van der Waals surface area contributed by atoms with Gasteiger partial charge in [-0.2, -0.15) is 5.10 Å². The molecule has 1 aromatic carbocycles. The molecule has 102 valence electrons. The van der Waals surface area contributed by atoms with Gasteiger partial charge in [-0.3, -0.25) is 5.10 Å². The van der Waals surface area contributed by atoms with Crippen LogP contribution in [0.2, 0.25) is 10.0 Å². The number of aromatic amines is 1. The van der Waals surface area contributed by atoms with Gasteiger partial charge in [0.05, 0.1) is 0 Å². The summed E-state index contributed by atoms with van der Waals surface area (Å²) in [6, 6.07) is 7.46. The number of halogens is 2. The first-order chi connectivity index (χ1) is 8.97. The Morgan fingerprint density at radius 2 is 2.05 bits per heavy atom. The molecule has 0 radical (unpaired) electrons. The van der Waals surface area contributed by atoms with E-state index in [-0.39, 0.29) is 5.41 Å². The van der Waals surface area contributed by atoms with Gasteiger partial charge >= 0.3 is 0 Å². The van der Waals surface area contributed by atoms with Crippen LogP contribution in [0.25, 0.3) is 0 Å². The molecule has 3 nitrogen and oxygen atoms in total. The summed E-state index contributed by atoms with van der Waals surface area (Å²) in [5, 5.41) is 8.33. The van der Waals surface area contributed by atoms with Crippen LogP contribution < -0.4 is 5.73 Å². The molecule has 0 amide bonds. The lowest BCUT2D eigenvalue weighted by Crippen LogP contribution is -2.24. The van der Waals surface area contributed by atoms with E-state index in [9.17, 15) is 0 Å². The van der Waals surface area contributed by atoms with Crippen molar-refractivity contribution in [1.29, 1.82) is 0 Å². The van der Waals surface area contributed by atoms with Crippen LogP contribution in [0, 0.1) is 0 Å². The minimum Gasteiger partial charge on any atom is -0.382 e. The molecule has 0 aliphatic carbocycles. The first-order valence-corrected chi connectivity index (χ1v) is 7.00. The minimum atomic E-state index is -0.249. The van der Waals surface area contributed by atoms with E-state index in [0.717, 1.165) is 24.1 Å². The number of aromatic nitrogens is 2. The number of H-pyrrole nitrogens is 1. The molecule has 3 N–H and O–H groups in total. The van der Waals surface area contributed by atoms with E-state index in [1.165, 1.54) is 0 Å². The van der Waals surface area contributed by atoms with E-state index in [1.54, 1.807) is 6.07 Å². The number of anilines is 1. The summed E-state index contributed by atoms with van der Waals surface area (Å²) < 4.78 is 0. The van der Waals surface area contributed by atoms with Crippen molar-refractivity contribution in [2.24, 2.45) is 0 Å². The molecule has 1 aromatic heterocycles. The number of benzene rings is 1. The Kier molecular flexibility index (Phi) is 4.07. The van der Waals surface area contributed by atoms with Crippen molar-refractivity contribution in [3.8, 4) is 0 Å². The minimum absolute atomic E-state index is 0.249. The van der Waals surface area contributed by atoms with Crippen LogP contribution in [0.1, 0.15) is 37.9 Å². The van der Waals surface area contributed by atoms with Crippen LogP contribution in [0.5, 0.6) is 0 Å². The second-order valence-corrected chi connectivity index (χ2v) is 5.76. The molecule has 2 rings (SSSR count). The first kappa shape index (κ1) is 14.2. The molecule has 2 aromatic rings. The van der Waals surface area contributed by atoms with Gasteiger partial charge in [0.1, 0.15) is 5.82 Å². The van der Waals surface area contributed by atoms with E-state index in [2.05, 4.69) is 24.0 Å². The largest absolute Gasteiger partial charge is 0.382 e. The van der Waals surface area contributed by atoms with Crippen LogP contribution in [-0.4, -0.2) is 10.2 Å². The van der Waals surface area contributed by atoms with Gasteiger partial charge in [0, 0.05) is 27.2 Å². The SMILES string of the molecule is CCCC(C)(c1cc(N)n[nH]1)c1ccc(Cl)cc1Cl. The van der Waals surface area contributed by atoms with E-state index in [1.807, 2.05) is 18.2 Å². The van der Waals surface area contributed by atoms with E-state index in [4.69, 9.17) is 28.9 Å². The molecule has 0 saturated carbocycles. The van der Waals surface area contributed by atoms with Crippen molar-refractivity contribution in [2.75, 3.05) is 5.73 Å². The van der Waals surface area contributed by atoms with Gasteiger partial charge in [0.25, 0.3) is 0 Å². The number of nitrogens with zero attached hydrogens (tertiary/aromatic N) is 1. The maximum atomic E-state index is 6.36. The number of nitrogen functional groups attached to an aromatic ring is 1. The third kappa shape index (κ3) is 2.72. The van der Waals surface area contributed by atoms with Crippen molar-refractivity contribution < 1.29 is 0 Å². The standard InChI is InChI=1S/C14H17Cl2N3/c1-3-6-14(2,12-8-13(17)19-18-12)10-5-4-9(15)7-11(10)16/h4-5,7-8H,3,6H2,1-2H3,(H3,17,18,19). The van der Waals surface area contributed by atoms with Gasteiger partial charge < -0.3 is 5.73 Å². The van der Waals surface area contributed by atoms with Crippen molar-refractivity contribution in [3.63, 3.8) is 0 Å². The maximum absolute atomic E-state index is 6.36. The Labute approximate surface area is 123 Å². The maximum Gasteiger partial charge on any atom is 0.145 e. The van der Waals surface area contributed by atoms with Crippen LogP contribution in [0.15, 0.2) is 24.3 Å². The van der Waals surface area contributed by atoms with Gasteiger partial charge in [-0.05, 0) is 31.0 Å². The molecule has 0 spiro atoms. The smallest absolute Gasteiger partial charge is 0.145 e. The summed E-state index contributed by atoms with van der Waals surface area (Å²) in [6.45, 7) is 4.28. The van der Waals surface area contributed by atoms with Gasteiger partial charge in [0.15, 0.2) is 0 Å². The Balaban J connectivity index is 2.55. The average Bonchev–Trinajstić information content (AvgIpc) is 2.76. The summed E-state index contributed by atoms with van der Waals surface area (Å²) >= 11 is 12.3. The van der Waals surface area contributed by atoms with Crippen LogP contribution >= 0.6 is 23.2 Å². The molecule has 0 saturated heterocycles. The van der Waals surface area contributed by atoms with Crippen molar-refractivity contribution in [2.45, 2.75) is 32.1 Å². The number of hydrogen-bond donors (Lipinski definition) is 2. The summed E-state index contributed by atoms with van der Waals surface area (Å²) in [5.41, 5.74) is 7.47. The first-order valence-electron chi connectivity index (χ1n) is 6.24. The Morgan fingerprint density at radius 1 is 1.32 bits per heavy atom. The average molecular weight is 298 g/mol. The highest BCUT2D eigenvalue weighted by Gasteiger charge is 2.32. The number of nitrogens with one attached hydrogen (secondary N) is 1. The molecule has 1 unspecified atom stereocenters. The van der Waals surface area contributed by atoms with Crippen LogP contribution in [-0.2, 0) is 5.41 Å². The predicted molar refractivity (Wildman–Crippen MR) is 80.8 cm³/mol. The van der Waals surface area contributed by atoms with Crippen molar-refractivity contribution >= 4 is 29.0 Å². The molecule has 0 aliphatic heterocycles. The number of rotatable bonds is 4. The summed E-state index contributed by atoms with van der Waals surface area (Å²) in [6.07, 6.45) is 1.96. The molecule has 1 atom stereocenters. The van der Waals surface area contributed by atoms with Gasteiger partial charge in [-0.25, -0.2) is 0 Å². The molecule has 0 fully saturated rings. The highest BCUT2D eigenvalue weighted by Crippen LogP contribution is 2.40. The third-order valence-electron chi connectivity index (χ3n) is 3.47. The molecule has 0 aliphatic rings. The number of hydrogen-bond acceptors (Lipinski definition) is 2. The van der Waals surface area contributed by atoms with E-state index >= 15 is 0 Å². The zero-order valence-corrected chi connectivity index (χ0v) is 12.5. The molecular weight excluding hydrogens is 281 g/mol. The summed E-state index contributed by atoms with van der Waals surface area (Å²) in [5.74, 6) is 0.488. The Morgan fingerprint density at radius 3 is 2.58 bits per heavy atom. The molecule has 5 heteroatoms. The molecule has 1 heterocycles. The lowest BCUT2D eigenvalue weighted by Gasteiger charge is -2.29. The highest BCUT2D eigenvalue weighted by molar-refractivity contribution is 6.35. The lowest BCUT2D eigenvalue weighted by molar-refractivity contribution is 0.496. The Bertz CT molecular complexity index is 580. The predicted octanol–water partition coefficient (Wildman–Crippen LogP) is 4.40. The normalized spacial score (nSPS) is 14.3. The van der Waals surface area contributed by atoms with Crippen molar-refractivity contribution in [1.82, 2.24) is 10.2 Å². The lowest BCUT2D eigenvalue weighted by atomic mass is 9.76. The van der Waals surface area contributed by atoms with Gasteiger partial charge in [0.2, 0.25) is 0 Å². The zero-order valence-electron chi connectivity index (χ0n) is 11.0. The topological polar surface area (TPSA) is 54.7 Å². The fraction of sp³-hybridized carbons (Fsp3) is 0.357. The molecule has 19 heavy (non-hydrogen) atoms. The van der Waals surface area contributed by atoms with Crippen LogP contribution in [0.4, 0.5) is 5.82 Å². The van der Waals surface area contributed by atoms with E-state index in [0.29, 0.717) is 15.9 Å². The van der Waals surface area contributed by atoms with Gasteiger partial charge in [-0.1, -0.05) is 42.6 Å². The third-order valence-corrected chi connectivity index (χ3v) is 4.02.